The smallest absolute Gasteiger partial charge is 0.261 e. The Morgan fingerprint density at radius 1 is 1.02 bits per heavy atom. The second-order valence-corrected chi connectivity index (χ2v) is 12.6. The fourth-order valence-corrected chi connectivity index (χ4v) is 5.81. The maximum Gasteiger partial charge on any atom is 0.261 e. The summed E-state index contributed by atoms with van der Waals surface area (Å²) in [7, 11) is 4.07. The molecule has 210 valence electrons. The van der Waals surface area contributed by atoms with Crippen molar-refractivity contribution in [2.75, 3.05) is 27.2 Å². The van der Waals surface area contributed by atoms with Gasteiger partial charge >= 0.3 is 0 Å². The molecule has 0 bridgehead atoms. The van der Waals surface area contributed by atoms with Crippen molar-refractivity contribution in [2.45, 2.75) is 39.8 Å². The highest BCUT2D eigenvalue weighted by Gasteiger charge is 2.34. The number of fused-ring (bicyclic) bond motifs is 1. The van der Waals surface area contributed by atoms with Gasteiger partial charge in [0.15, 0.2) is 0 Å². The molecule has 8 heteroatoms. The summed E-state index contributed by atoms with van der Waals surface area (Å²) in [6.45, 7) is 7.96. The molecule has 0 saturated heterocycles. The molecule has 40 heavy (non-hydrogen) atoms. The van der Waals surface area contributed by atoms with Gasteiger partial charge in [-0.1, -0.05) is 78.6 Å². The molecule has 0 saturated carbocycles. The molecular formula is C32H36BrClN4O2. The van der Waals surface area contributed by atoms with Crippen LogP contribution in [0, 0.1) is 5.41 Å². The van der Waals surface area contributed by atoms with Crippen LogP contribution >= 0.6 is 27.5 Å². The maximum atomic E-state index is 14.2. The Morgan fingerprint density at radius 2 is 1.70 bits per heavy atom. The van der Waals surface area contributed by atoms with Crippen molar-refractivity contribution in [3.8, 4) is 0 Å². The van der Waals surface area contributed by atoms with E-state index in [4.69, 9.17) is 16.6 Å². The van der Waals surface area contributed by atoms with Gasteiger partial charge < -0.3 is 9.80 Å². The van der Waals surface area contributed by atoms with Gasteiger partial charge in [0.25, 0.3) is 11.5 Å². The average molecular weight is 624 g/mol. The molecule has 1 unspecified atom stereocenters. The lowest BCUT2D eigenvalue weighted by Gasteiger charge is -2.39. The van der Waals surface area contributed by atoms with E-state index in [0.29, 0.717) is 46.8 Å². The molecule has 1 amide bonds. The molecule has 3 aromatic carbocycles. The van der Waals surface area contributed by atoms with Crippen LogP contribution in [0.25, 0.3) is 10.9 Å². The molecular weight excluding hydrogens is 588 g/mol. The third-order valence-electron chi connectivity index (χ3n) is 6.89. The summed E-state index contributed by atoms with van der Waals surface area (Å²) in [5, 5.41) is 1.01. The molecule has 1 heterocycles. The van der Waals surface area contributed by atoms with Gasteiger partial charge in [-0.15, -0.1) is 0 Å². The number of hydrogen-bond donors (Lipinski definition) is 0. The minimum absolute atomic E-state index is 0.0992. The van der Waals surface area contributed by atoms with Crippen molar-refractivity contribution in [3.63, 3.8) is 0 Å². The third kappa shape index (κ3) is 7.00. The predicted molar refractivity (Wildman–Crippen MR) is 167 cm³/mol. The van der Waals surface area contributed by atoms with Crippen LogP contribution in [-0.2, 0) is 6.54 Å². The van der Waals surface area contributed by atoms with Crippen LogP contribution in [-0.4, -0.2) is 52.4 Å². The molecule has 0 aliphatic heterocycles. The summed E-state index contributed by atoms with van der Waals surface area (Å²) in [5.41, 5.74) is 1.71. The highest BCUT2D eigenvalue weighted by molar-refractivity contribution is 9.10. The monoisotopic (exact) mass is 622 g/mol. The molecule has 0 aliphatic carbocycles. The first-order valence-electron chi connectivity index (χ1n) is 13.4. The summed E-state index contributed by atoms with van der Waals surface area (Å²) >= 11 is 9.80. The van der Waals surface area contributed by atoms with Gasteiger partial charge in [0.2, 0.25) is 0 Å². The number of rotatable bonds is 10. The number of nitrogens with zero attached hydrogens (tertiary/aromatic N) is 4. The van der Waals surface area contributed by atoms with Gasteiger partial charge in [-0.3, -0.25) is 14.2 Å². The Bertz CT molecular complexity index is 1530. The van der Waals surface area contributed by atoms with E-state index in [2.05, 4.69) is 34.7 Å². The van der Waals surface area contributed by atoms with Crippen LogP contribution in [0.2, 0.25) is 5.02 Å². The SMILES string of the molecule is CCC(c1nc2cc(Cl)ccc2c(=O)n1Cc1ccccc1)N(CC(C)(C)CN(C)C)C(=O)c1ccc(Br)cc1. The Morgan fingerprint density at radius 3 is 2.33 bits per heavy atom. The van der Waals surface area contributed by atoms with E-state index in [0.717, 1.165) is 16.6 Å². The van der Waals surface area contributed by atoms with Crippen molar-refractivity contribution in [1.82, 2.24) is 19.4 Å². The second kappa shape index (κ2) is 12.7. The summed E-state index contributed by atoms with van der Waals surface area (Å²) in [6, 6.07) is 22.0. The first-order valence-corrected chi connectivity index (χ1v) is 14.6. The zero-order valence-corrected chi connectivity index (χ0v) is 26.0. The number of halogens is 2. The quantitative estimate of drug-likeness (QED) is 0.190. The molecule has 4 rings (SSSR count). The predicted octanol–water partition coefficient (Wildman–Crippen LogP) is 7.04. The lowest BCUT2D eigenvalue weighted by atomic mass is 9.90. The summed E-state index contributed by atoms with van der Waals surface area (Å²) in [5.74, 6) is 0.454. The van der Waals surface area contributed by atoms with Crippen molar-refractivity contribution in [3.05, 3.63) is 110 Å². The minimum Gasteiger partial charge on any atom is -0.328 e. The Labute approximate surface area is 249 Å². The summed E-state index contributed by atoms with van der Waals surface area (Å²) in [4.78, 5) is 37.3. The number of benzene rings is 3. The van der Waals surface area contributed by atoms with E-state index in [9.17, 15) is 9.59 Å². The molecule has 0 fully saturated rings. The fraction of sp³-hybridized carbons (Fsp3) is 0.344. The van der Waals surface area contributed by atoms with Crippen molar-refractivity contribution < 1.29 is 4.79 Å². The summed E-state index contributed by atoms with van der Waals surface area (Å²) in [6.07, 6.45) is 0.577. The van der Waals surface area contributed by atoms with E-state index in [1.165, 1.54) is 0 Å². The van der Waals surface area contributed by atoms with Gasteiger partial charge in [0.05, 0.1) is 23.5 Å². The van der Waals surface area contributed by atoms with E-state index in [1.54, 1.807) is 22.8 Å². The van der Waals surface area contributed by atoms with Crippen molar-refractivity contribution in [1.29, 1.82) is 0 Å². The largest absolute Gasteiger partial charge is 0.328 e. The second-order valence-electron chi connectivity index (χ2n) is 11.3. The fourth-order valence-electron chi connectivity index (χ4n) is 5.38. The van der Waals surface area contributed by atoms with Gasteiger partial charge in [-0.2, -0.15) is 0 Å². The number of aromatic nitrogens is 2. The van der Waals surface area contributed by atoms with Gasteiger partial charge in [-0.25, -0.2) is 4.98 Å². The Hall–Kier alpha value is -3.00. The van der Waals surface area contributed by atoms with Crippen molar-refractivity contribution in [2.24, 2.45) is 5.41 Å². The molecule has 0 aliphatic rings. The minimum atomic E-state index is -0.447. The van der Waals surface area contributed by atoms with Gasteiger partial charge in [0, 0.05) is 28.1 Å². The first kappa shape index (κ1) is 30.0. The van der Waals surface area contributed by atoms with Crippen LogP contribution in [0.3, 0.4) is 0 Å². The molecule has 6 nitrogen and oxygen atoms in total. The molecule has 0 radical (unpaired) electrons. The number of carbonyl (C=O) groups excluding carboxylic acids is 1. The standard InChI is InChI=1S/C32H36BrClN4O2/c1-6-28(38(21-32(2,3)20-36(4)5)30(39)23-12-14-24(33)15-13-23)29-35-27-18-25(34)16-17-26(27)31(40)37(29)19-22-10-8-7-9-11-22/h7-18,28H,6,19-21H2,1-5H3. The van der Waals surface area contributed by atoms with Crippen molar-refractivity contribution >= 4 is 44.3 Å². The van der Waals surface area contributed by atoms with Gasteiger partial charge in [0.1, 0.15) is 5.82 Å². The molecule has 4 aromatic rings. The zero-order valence-electron chi connectivity index (χ0n) is 23.7. The first-order chi connectivity index (χ1) is 19.0. The Kier molecular flexibility index (Phi) is 9.49. The molecule has 1 atom stereocenters. The van der Waals surface area contributed by atoms with Crippen LogP contribution in [0.15, 0.2) is 82.1 Å². The van der Waals surface area contributed by atoms with E-state index in [1.807, 2.05) is 80.5 Å². The van der Waals surface area contributed by atoms with Crippen LogP contribution in [0.4, 0.5) is 0 Å². The third-order valence-corrected chi connectivity index (χ3v) is 7.65. The van der Waals surface area contributed by atoms with E-state index in [-0.39, 0.29) is 16.9 Å². The van der Waals surface area contributed by atoms with E-state index >= 15 is 0 Å². The lowest BCUT2D eigenvalue weighted by molar-refractivity contribution is 0.0522. The van der Waals surface area contributed by atoms with Crippen LogP contribution in [0.1, 0.15) is 55.0 Å². The van der Waals surface area contributed by atoms with Gasteiger partial charge in [-0.05, 0) is 74.0 Å². The molecule has 1 aromatic heterocycles. The highest BCUT2D eigenvalue weighted by Crippen LogP contribution is 2.31. The molecule has 0 N–H and O–H groups in total. The van der Waals surface area contributed by atoms with Crippen LogP contribution in [0.5, 0.6) is 0 Å². The zero-order chi connectivity index (χ0) is 29.0. The number of amides is 1. The topological polar surface area (TPSA) is 58.4 Å². The number of hydrogen-bond acceptors (Lipinski definition) is 4. The Balaban J connectivity index is 1.92. The lowest BCUT2D eigenvalue weighted by Crippen LogP contribution is -2.46. The van der Waals surface area contributed by atoms with Crippen LogP contribution < -0.4 is 5.56 Å². The normalized spacial score (nSPS) is 12.6. The summed E-state index contributed by atoms with van der Waals surface area (Å²) < 4.78 is 2.63. The van der Waals surface area contributed by atoms with E-state index < -0.39 is 6.04 Å². The average Bonchev–Trinajstić information content (AvgIpc) is 2.90. The number of carbonyl (C=O) groups is 1. The highest BCUT2D eigenvalue weighted by atomic mass is 79.9. The maximum absolute atomic E-state index is 14.2. The molecule has 0 spiro atoms.